The Morgan fingerprint density at radius 3 is 3.05 bits per heavy atom. The molecule has 0 radical (unpaired) electrons. The number of hydrogen-bond donors (Lipinski definition) is 1. The number of fused-ring (bicyclic) bond motifs is 1. The van der Waals surface area contributed by atoms with Crippen molar-refractivity contribution in [1.82, 2.24) is 4.98 Å². The van der Waals surface area contributed by atoms with Gasteiger partial charge in [-0.1, -0.05) is 13.0 Å². The summed E-state index contributed by atoms with van der Waals surface area (Å²) in [5.41, 5.74) is 3.17. The van der Waals surface area contributed by atoms with Crippen molar-refractivity contribution in [2.45, 2.75) is 33.1 Å². The average Bonchev–Trinajstić information content (AvgIpc) is 2.84. The van der Waals surface area contributed by atoms with Crippen LogP contribution in [0.25, 0.3) is 0 Å². The predicted molar refractivity (Wildman–Crippen MR) is 82.4 cm³/mol. The molecule has 0 saturated heterocycles. The number of aromatic nitrogens is 1. The van der Waals surface area contributed by atoms with Crippen molar-refractivity contribution in [3.8, 4) is 0 Å². The second-order valence-corrected chi connectivity index (χ2v) is 6.54. The molecule has 0 unspecified atom stereocenters. The van der Waals surface area contributed by atoms with Gasteiger partial charge in [-0.25, -0.2) is 4.98 Å². The number of anilines is 1. The van der Waals surface area contributed by atoms with Gasteiger partial charge >= 0.3 is 0 Å². The lowest BCUT2D eigenvalue weighted by molar-refractivity contribution is 0.102. The van der Waals surface area contributed by atoms with Crippen LogP contribution in [-0.2, 0) is 12.8 Å². The van der Waals surface area contributed by atoms with Gasteiger partial charge in [0.05, 0.1) is 5.56 Å². The van der Waals surface area contributed by atoms with E-state index in [-0.39, 0.29) is 5.91 Å². The van der Waals surface area contributed by atoms with Gasteiger partial charge in [-0.2, -0.15) is 0 Å². The fourth-order valence-corrected chi connectivity index (χ4v) is 3.84. The number of rotatable bonds is 2. The van der Waals surface area contributed by atoms with Crippen LogP contribution in [0, 0.1) is 12.8 Å². The molecule has 104 valence electrons. The Bertz CT molecular complexity index is 630. The number of amides is 1. The van der Waals surface area contributed by atoms with E-state index >= 15 is 0 Å². The Hall–Kier alpha value is -1.68. The molecule has 1 aliphatic carbocycles. The molecule has 4 heteroatoms. The van der Waals surface area contributed by atoms with Crippen molar-refractivity contribution >= 4 is 23.1 Å². The van der Waals surface area contributed by atoms with E-state index in [1.54, 1.807) is 17.5 Å². The smallest absolute Gasteiger partial charge is 0.257 e. The van der Waals surface area contributed by atoms with E-state index in [1.165, 1.54) is 16.9 Å². The van der Waals surface area contributed by atoms with Crippen LogP contribution in [-0.4, -0.2) is 10.9 Å². The van der Waals surface area contributed by atoms with Gasteiger partial charge in [0.25, 0.3) is 5.91 Å². The zero-order valence-electron chi connectivity index (χ0n) is 11.8. The highest BCUT2D eigenvalue weighted by Crippen LogP contribution is 2.33. The molecular weight excluding hydrogens is 268 g/mol. The number of aryl methyl sites for hydroxylation is 1. The maximum Gasteiger partial charge on any atom is 0.257 e. The van der Waals surface area contributed by atoms with Crippen LogP contribution in [0.1, 0.15) is 39.7 Å². The summed E-state index contributed by atoms with van der Waals surface area (Å²) in [4.78, 5) is 18.0. The number of carbonyl (C=O) groups excluding carboxylic acids is 1. The first-order chi connectivity index (χ1) is 9.63. The Labute approximate surface area is 123 Å². The molecule has 0 aliphatic heterocycles. The van der Waals surface area contributed by atoms with E-state index in [4.69, 9.17) is 0 Å². The third-order valence-corrected chi connectivity index (χ3v) is 4.85. The number of thiophene rings is 1. The van der Waals surface area contributed by atoms with Gasteiger partial charge < -0.3 is 5.32 Å². The maximum absolute atomic E-state index is 12.4. The highest BCUT2D eigenvalue weighted by Gasteiger charge is 2.23. The highest BCUT2D eigenvalue weighted by atomic mass is 32.1. The fourth-order valence-electron chi connectivity index (χ4n) is 2.59. The summed E-state index contributed by atoms with van der Waals surface area (Å²) in [5.74, 6) is 1.31. The predicted octanol–water partition coefficient (Wildman–Crippen LogP) is 3.83. The lowest BCUT2D eigenvalue weighted by Gasteiger charge is -2.18. The summed E-state index contributed by atoms with van der Waals surface area (Å²) in [7, 11) is 0. The summed E-state index contributed by atoms with van der Waals surface area (Å²) in [6.07, 6.45) is 5.06. The topological polar surface area (TPSA) is 42.0 Å². The van der Waals surface area contributed by atoms with Gasteiger partial charge in [0.1, 0.15) is 5.82 Å². The quantitative estimate of drug-likeness (QED) is 0.911. The molecule has 3 rings (SSSR count). The van der Waals surface area contributed by atoms with Crippen LogP contribution in [0.2, 0.25) is 0 Å². The Kier molecular flexibility index (Phi) is 3.57. The van der Waals surface area contributed by atoms with Gasteiger partial charge in [-0.15, -0.1) is 11.3 Å². The largest absolute Gasteiger partial charge is 0.307 e. The number of nitrogens with zero attached hydrogens (tertiary/aromatic N) is 1. The average molecular weight is 286 g/mol. The monoisotopic (exact) mass is 286 g/mol. The first kappa shape index (κ1) is 13.3. The zero-order chi connectivity index (χ0) is 14.1. The van der Waals surface area contributed by atoms with Crippen molar-refractivity contribution in [2.75, 3.05) is 5.32 Å². The summed E-state index contributed by atoms with van der Waals surface area (Å²) in [6, 6.07) is 3.79. The van der Waals surface area contributed by atoms with E-state index in [9.17, 15) is 4.79 Å². The minimum atomic E-state index is -0.0339. The molecule has 0 aromatic carbocycles. The Balaban J connectivity index is 1.79. The Morgan fingerprint density at radius 1 is 1.45 bits per heavy atom. The van der Waals surface area contributed by atoms with Crippen LogP contribution in [0.4, 0.5) is 5.82 Å². The van der Waals surface area contributed by atoms with Crippen molar-refractivity contribution in [3.05, 3.63) is 45.3 Å². The van der Waals surface area contributed by atoms with Crippen LogP contribution in [0.15, 0.2) is 23.7 Å². The third kappa shape index (κ3) is 2.61. The molecular formula is C16H18N2OS. The molecule has 20 heavy (non-hydrogen) atoms. The van der Waals surface area contributed by atoms with E-state index in [1.807, 2.05) is 24.4 Å². The Morgan fingerprint density at radius 2 is 2.30 bits per heavy atom. The second kappa shape index (κ2) is 5.37. The number of pyridine rings is 1. The molecule has 0 saturated carbocycles. The zero-order valence-corrected chi connectivity index (χ0v) is 12.6. The number of nitrogens with one attached hydrogen (secondary N) is 1. The first-order valence-corrected chi connectivity index (χ1v) is 7.84. The minimum Gasteiger partial charge on any atom is -0.307 e. The SMILES string of the molecule is Cc1ccc(NC(=O)c2csc3c2CC[C@@H](C)C3)nc1. The third-order valence-electron chi connectivity index (χ3n) is 3.80. The van der Waals surface area contributed by atoms with Crippen molar-refractivity contribution in [2.24, 2.45) is 5.92 Å². The maximum atomic E-state index is 12.4. The van der Waals surface area contributed by atoms with E-state index in [2.05, 4.69) is 17.2 Å². The van der Waals surface area contributed by atoms with Crippen LogP contribution in [0.3, 0.4) is 0 Å². The summed E-state index contributed by atoms with van der Waals surface area (Å²) in [5, 5.41) is 4.88. The second-order valence-electron chi connectivity index (χ2n) is 5.57. The molecule has 0 fully saturated rings. The fraction of sp³-hybridized carbons (Fsp3) is 0.375. The lowest BCUT2D eigenvalue weighted by Crippen LogP contribution is -2.17. The molecule has 1 aliphatic rings. The van der Waals surface area contributed by atoms with Gasteiger partial charge in [0.2, 0.25) is 0 Å². The van der Waals surface area contributed by atoms with Gasteiger partial charge in [-0.3, -0.25) is 4.79 Å². The van der Waals surface area contributed by atoms with Crippen molar-refractivity contribution in [1.29, 1.82) is 0 Å². The van der Waals surface area contributed by atoms with E-state index in [0.717, 1.165) is 29.9 Å². The molecule has 2 heterocycles. The highest BCUT2D eigenvalue weighted by molar-refractivity contribution is 7.10. The number of hydrogen-bond acceptors (Lipinski definition) is 3. The first-order valence-electron chi connectivity index (χ1n) is 6.96. The normalized spacial score (nSPS) is 17.6. The summed E-state index contributed by atoms with van der Waals surface area (Å²) >= 11 is 1.72. The van der Waals surface area contributed by atoms with E-state index < -0.39 is 0 Å². The number of carbonyl (C=O) groups is 1. The molecule has 0 bridgehead atoms. The molecule has 1 atom stereocenters. The van der Waals surface area contributed by atoms with E-state index in [0.29, 0.717) is 5.82 Å². The van der Waals surface area contributed by atoms with Crippen LogP contribution < -0.4 is 5.32 Å². The molecule has 0 spiro atoms. The van der Waals surface area contributed by atoms with Crippen molar-refractivity contribution < 1.29 is 4.79 Å². The van der Waals surface area contributed by atoms with Gasteiger partial charge in [0, 0.05) is 16.5 Å². The minimum absolute atomic E-state index is 0.0339. The van der Waals surface area contributed by atoms with Crippen molar-refractivity contribution in [3.63, 3.8) is 0 Å². The molecule has 1 amide bonds. The van der Waals surface area contributed by atoms with Gasteiger partial charge in [-0.05, 0) is 49.3 Å². The van der Waals surface area contributed by atoms with Gasteiger partial charge in [0.15, 0.2) is 0 Å². The lowest BCUT2D eigenvalue weighted by atomic mass is 9.88. The molecule has 3 nitrogen and oxygen atoms in total. The molecule has 2 aromatic rings. The molecule has 2 aromatic heterocycles. The van der Waals surface area contributed by atoms with Crippen LogP contribution in [0.5, 0.6) is 0 Å². The molecule has 1 N–H and O–H groups in total. The van der Waals surface area contributed by atoms with Crippen LogP contribution >= 0.6 is 11.3 Å². The summed E-state index contributed by atoms with van der Waals surface area (Å²) < 4.78 is 0. The summed E-state index contributed by atoms with van der Waals surface area (Å²) in [6.45, 7) is 4.26. The standard InChI is InChI=1S/C16H18N2OS/c1-10-3-5-12-13(9-20-14(12)7-10)16(19)18-15-6-4-11(2)8-17-15/h4,6,8-10H,3,5,7H2,1-2H3,(H,17,18,19)/t10-/m1/s1.